The molecule has 3 nitrogen and oxygen atoms in total. The minimum absolute atomic E-state index is 0.257. The van der Waals surface area contributed by atoms with E-state index in [2.05, 4.69) is 52.0 Å². The number of anilines is 2. The first-order valence-electron chi connectivity index (χ1n) is 8.04. The van der Waals surface area contributed by atoms with Gasteiger partial charge in [0.25, 0.3) is 0 Å². The summed E-state index contributed by atoms with van der Waals surface area (Å²) in [5.74, 6) is 0. The van der Waals surface area contributed by atoms with Crippen molar-refractivity contribution in [1.82, 2.24) is 0 Å². The molecule has 0 atom stereocenters. The highest BCUT2D eigenvalue weighted by Crippen LogP contribution is 2.27. The summed E-state index contributed by atoms with van der Waals surface area (Å²) in [5.41, 5.74) is 15.0. The van der Waals surface area contributed by atoms with Gasteiger partial charge in [-0.3, -0.25) is 0 Å². The highest BCUT2D eigenvalue weighted by Gasteiger charge is 2.29. The lowest BCUT2D eigenvalue weighted by Gasteiger charge is -2.36. The maximum absolute atomic E-state index is 6.43. The molecule has 0 aliphatic heterocycles. The third kappa shape index (κ3) is 5.61. The van der Waals surface area contributed by atoms with Crippen LogP contribution in [0.25, 0.3) is 0 Å². The summed E-state index contributed by atoms with van der Waals surface area (Å²) < 4.78 is 6.43. The van der Waals surface area contributed by atoms with E-state index in [0.29, 0.717) is 0 Å². The van der Waals surface area contributed by atoms with Crippen LogP contribution in [0, 0.1) is 0 Å². The molecule has 0 aliphatic carbocycles. The van der Waals surface area contributed by atoms with Crippen LogP contribution in [-0.2, 0) is 17.6 Å². The van der Waals surface area contributed by atoms with E-state index in [1.54, 1.807) is 0 Å². The topological polar surface area (TPSA) is 61.3 Å². The zero-order valence-corrected chi connectivity index (χ0v) is 14.6. The van der Waals surface area contributed by atoms with Gasteiger partial charge in [0.2, 0.25) is 0 Å². The normalized spacial score (nSPS) is 12.3. The molecule has 0 saturated heterocycles. The van der Waals surface area contributed by atoms with Gasteiger partial charge in [0.1, 0.15) is 0 Å². The van der Waals surface area contributed by atoms with Crippen LogP contribution >= 0.6 is 0 Å². The third-order valence-electron chi connectivity index (χ3n) is 3.77. The number of rotatable bonds is 6. The smallest absolute Gasteiger partial charge is 0.0674 e. The lowest BCUT2D eigenvalue weighted by atomic mass is 9.93. The molecule has 0 unspecified atom stereocenters. The van der Waals surface area contributed by atoms with Crippen LogP contribution in [0.2, 0.25) is 0 Å². The number of nitrogen functional groups attached to an aromatic ring is 2. The predicted octanol–water partition coefficient (Wildman–Crippen LogP) is 4.21. The van der Waals surface area contributed by atoms with E-state index in [1.165, 1.54) is 11.1 Å². The summed E-state index contributed by atoms with van der Waals surface area (Å²) >= 11 is 0. The molecule has 0 heterocycles. The fourth-order valence-corrected chi connectivity index (χ4v) is 3.07. The molecule has 0 spiro atoms. The lowest BCUT2D eigenvalue weighted by molar-refractivity contribution is -0.121. The van der Waals surface area contributed by atoms with Gasteiger partial charge < -0.3 is 16.2 Å². The molecule has 0 amide bonds. The summed E-state index contributed by atoms with van der Waals surface area (Å²) in [4.78, 5) is 0. The Morgan fingerprint density at radius 3 is 1.26 bits per heavy atom. The zero-order valence-electron chi connectivity index (χ0n) is 14.6. The molecule has 0 aromatic heterocycles. The summed E-state index contributed by atoms with van der Waals surface area (Å²) in [6.07, 6.45) is 1.69. The molecule has 3 heteroatoms. The van der Waals surface area contributed by atoms with Crippen molar-refractivity contribution in [3.05, 3.63) is 59.7 Å². The van der Waals surface area contributed by atoms with Gasteiger partial charge in [-0.1, -0.05) is 24.3 Å². The van der Waals surface area contributed by atoms with Crippen LogP contribution in [0.4, 0.5) is 11.4 Å². The maximum atomic E-state index is 6.43. The van der Waals surface area contributed by atoms with Crippen molar-refractivity contribution >= 4 is 11.4 Å². The largest absolute Gasteiger partial charge is 0.399 e. The maximum Gasteiger partial charge on any atom is 0.0674 e. The molecule has 0 aliphatic rings. The van der Waals surface area contributed by atoms with Crippen molar-refractivity contribution in [3.63, 3.8) is 0 Å². The van der Waals surface area contributed by atoms with Gasteiger partial charge in [-0.2, -0.15) is 0 Å². The van der Waals surface area contributed by atoms with Crippen molar-refractivity contribution in [2.24, 2.45) is 0 Å². The standard InChI is InChI=1S/C20H28N2O/c1-19(2,13-15-5-9-17(21)10-6-15)23-20(3,4)14-16-7-11-18(22)12-8-16/h5-12H,13-14,21-22H2,1-4H3. The molecule has 2 rings (SSSR count). The molecule has 2 aromatic rings. The fourth-order valence-electron chi connectivity index (χ4n) is 3.07. The van der Waals surface area contributed by atoms with Gasteiger partial charge >= 0.3 is 0 Å². The average Bonchev–Trinajstić information content (AvgIpc) is 2.42. The van der Waals surface area contributed by atoms with E-state index in [4.69, 9.17) is 16.2 Å². The van der Waals surface area contributed by atoms with Crippen LogP contribution in [-0.4, -0.2) is 11.2 Å². The lowest BCUT2D eigenvalue weighted by Crippen LogP contribution is -2.40. The predicted molar refractivity (Wildman–Crippen MR) is 98.4 cm³/mol. The Labute approximate surface area is 139 Å². The van der Waals surface area contributed by atoms with Gasteiger partial charge in [0.05, 0.1) is 11.2 Å². The Morgan fingerprint density at radius 1 is 0.652 bits per heavy atom. The number of nitrogens with two attached hydrogens (primary N) is 2. The van der Waals surface area contributed by atoms with E-state index in [9.17, 15) is 0 Å². The molecular weight excluding hydrogens is 284 g/mol. The summed E-state index contributed by atoms with van der Waals surface area (Å²) in [6, 6.07) is 16.0. The van der Waals surface area contributed by atoms with Crippen LogP contribution in [0.1, 0.15) is 38.8 Å². The third-order valence-corrected chi connectivity index (χ3v) is 3.77. The van der Waals surface area contributed by atoms with E-state index in [0.717, 1.165) is 24.2 Å². The Hall–Kier alpha value is -2.00. The Morgan fingerprint density at radius 2 is 0.957 bits per heavy atom. The molecule has 0 bridgehead atoms. The molecule has 23 heavy (non-hydrogen) atoms. The van der Waals surface area contributed by atoms with Crippen LogP contribution in [0.3, 0.4) is 0 Å². The molecular formula is C20H28N2O. The van der Waals surface area contributed by atoms with Crippen LogP contribution in [0.15, 0.2) is 48.5 Å². The second-order valence-electron chi connectivity index (χ2n) is 7.46. The van der Waals surface area contributed by atoms with Crippen molar-refractivity contribution in [3.8, 4) is 0 Å². The summed E-state index contributed by atoms with van der Waals surface area (Å²) in [7, 11) is 0. The minimum Gasteiger partial charge on any atom is -0.399 e. The molecule has 0 saturated carbocycles. The highest BCUT2D eigenvalue weighted by molar-refractivity contribution is 5.40. The molecule has 2 aromatic carbocycles. The van der Waals surface area contributed by atoms with E-state index in [1.807, 2.05) is 24.3 Å². The van der Waals surface area contributed by atoms with Gasteiger partial charge in [-0.25, -0.2) is 0 Å². The summed E-state index contributed by atoms with van der Waals surface area (Å²) in [6.45, 7) is 8.53. The van der Waals surface area contributed by atoms with Gasteiger partial charge in [-0.15, -0.1) is 0 Å². The Bertz CT molecular complexity index is 570. The molecule has 0 fully saturated rings. The Kier molecular flexibility index (Phi) is 5.00. The second-order valence-corrected chi connectivity index (χ2v) is 7.46. The molecule has 0 radical (unpaired) electrons. The van der Waals surface area contributed by atoms with E-state index < -0.39 is 0 Å². The van der Waals surface area contributed by atoms with Gasteiger partial charge in [-0.05, 0) is 63.1 Å². The first kappa shape index (κ1) is 17.4. The van der Waals surface area contributed by atoms with Crippen LogP contribution < -0.4 is 11.5 Å². The zero-order chi connectivity index (χ0) is 17.1. The number of benzene rings is 2. The fraction of sp³-hybridized carbons (Fsp3) is 0.400. The van der Waals surface area contributed by atoms with E-state index >= 15 is 0 Å². The van der Waals surface area contributed by atoms with Crippen molar-refractivity contribution in [2.75, 3.05) is 11.5 Å². The number of hydrogen-bond donors (Lipinski definition) is 2. The number of ether oxygens (including phenoxy) is 1. The van der Waals surface area contributed by atoms with Crippen molar-refractivity contribution in [2.45, 2.75) is 51.7 Å². The average molecular weight is 312 g/mol. The summed E-state index contributed by atoms with van der Waals surface area (Å²) in [5, 5.41) is 0. The van der Waals surface area contributed by atoms with Gasteiger partial charge in [0, 0.05) is 24.2 Å². The van der Waals surface area contributed by atoms with Crippen molar-refractivity contribution in [1.29, 1.82) is 0 Å². The monoisotopic (exact) mass is 312 g/mol. The quantitative estimate of drug-likeness (QED) is 0.785. The molecule has 124 valence electrons. The highest BCUT2D eigenvalue weighted by atomic mass is 16.5. The first-order valence-corrected chi connectivity index (χ1v) is 8.04. The van der Waals surface area contributed by atoms with Crippen molar-refractivity contribution < 1.29 is 4.74 Å². The minimum atomic E-state index is -0.257. The number of hydrogen-bond acceptors (Lipinski definition) is 3. The Balaban J connectivity index is 2.02. The first-order chi connectivity index (χ1) is 10.7. The van der Waals surface area contributed by atoms with Gasteiger partial charge in [0.15, 0.2) is 0 Å². The van der Waals surface area contributed by atoms with E-state index in [-0.39, 0.29) is 11.2 Å². The second kappa shape index (κ2) is 6.63. The molecule has 4 N–H and O–H groups in total. The SMILES string of the molecule is CC(C)(Cc1ccc(N)cc1)OC(C)(C)Cc1ccc(N)cc1. The van der Waals surface area contributed by atoms with Crippen LogP contribution in [0.5, 0.6) is 0 Å².